The summed E-state index contributed by atoms with van der Waals surface area (Å²) in [6.07, 6.45) is 1.93. The van der Waals surface area contributed by atoms with E-state index in [0.29, 0.717) is 24.7 Å². The van der Waals surface area contributed by atoms with Crippen molar-refractivity contribution in [2.24, 2.45) is 5.92 Å². The number of nitrogens with zero attached hydrogens (tertiary/aromatic N) is 1. The van der Waals surface area contributed by atoms with Gasteiger partial charge in [0.15, 0.2) is 0 Å². The molecule has 1 aromatic rings. The number of halogens is 1. The first kappa shape index (κ1) is 19.9. The Balaban J connectivity index is 0.00000264. The van der Waals surface area contributed by atoms with Crippen LogP contribution in [-0.4, -0.2) is 45.3 Å². The number of nitrogens with one attached hydrogen (secondary N) is 2. The van der Waals surface area contributed by atoms with Gasteiger partial charge in [0.2, 0.25) is 15.9 Å². The Bertz CT molecular complexity index is 617. The molecule has 1 heterocycles. The maximum atomic E-state index is 12.7. The van der Waals surface area contributed by atoms with Crippen LogP contribution in [0.3, 0.4) is 0 Å². The normalized spacial score (nSPS) is 19.0. The first-order chi connectivity index (χ1) is 10.4. The number of amides is 1. The second kappa shape index (κ2) is 8.63. The van der Waals surface area contributed by atoms with E-state index in [9.17, 15) is 13.2 Å². The molecule has 1 saturated heterocycles. The average Bonchev–Trinajstić information content (AvgIpc) is 2.48. The Morgan fingerprint density at radius 3 is 2.52 bits per heavy atom. The average molecular weight is 362 g/mol. The lowest BCUT2D eigenvalue weighted by molar-refractivity contribution is -0.114. The summed E-state index contributed by atoms with van der Waals surface area (Å²) in [5.74, 6) is 0.175. The van der Waals surface area contributed by atoms with Crippen molar-refractivity contribution in [3.8, 4) is 0 Å². The second-order valence-corrected chi connectivity index (χ2v) is 7.57. The number of anilines is 1. The quantitative estimate of drug-likeness (QED) is 0.836. The van der Waals surface area contributed by atoms with E-state index < -0.39 is 10.0 Å². The van der Waals surface area contributed by atoms with Crippen LogP contribution in [0.2, 0.25) is 0 Å². The smallest absolute Gasteiger partial charge is 0.243 e. The van der Waals surface area contributed by atoms with Gasteiger partial charge in [0.25, 0.3) is 0 Å². The molecule has 0 bridgehead atoms. The molecule has 0 aliphatic carbocycles. The van der Waals surface area contributed by atoms with Crippen molar-refractivity contribution < 1.29 is 13.2 Å². The summed E-state index contributed by atoms with van der Waals surface area (Å²) >= 11 is 0. The number of rotatable bonds is 5. The van der Waals surface area contributed by atoms with Crippen molar-refractivity contribution in [3.63, 3.8) is 0 Å². The van der Waals surface area contributed by atoms with Gasteiger partial charge in [-0.1, -0.05) is 0 Å². The highest BCUT2D eigenvalue weighted by molar-refractivity contribution is 7.89. The minimum atomic E-state index is -3.47. The van der Waals surface area contributed by atoms with Gasteiger partial charge in [-0.05, 0) is 56.6 Å². The number of carbonyl (C=O) groups excluding carboxylic acids is 1. The van der Waals surface area contributed by atoms with Crippen molar-refractivity contribution in [2.45, 2.75) is 24.7 Å². The molecule has 1 atom stereocenters. The molecule has 6 nitrogen and oxygen atoms in total. The Morgan fingerprint density at radius 1 is 1.30 bits per heavy atom. The van der Waals surface area contributed by atoms with E-state index in [1.807, 2.05) is 7.05 Å². The van der Waals surface area contributed by atoms with Crippen LogP contribution in [0.5, 0.6) is 0 Å². The minimum absolute atomic E-state index is 0. The Kier molecular flexibility index (Phi) is 7.47. The van der Waals surface area contributed by atoms with E-state index in [1.54, 1.807) is 28.6 Å². The molecule has 1 unspecified atom stereocenters. The molecule has 1 amide bonds. The predicted octanol–water partition coefficient (Wildman–Crippen LogP) is 1.69. The second-order valence-electron chi connectivity index (χ2n) is 5.63. The maximum Gasteiger partial charge on any atom is 0.243 e. The van der Waals surface area contributed by atoms with Gasteiger partial charge in [-0.15, -0.1) is 12.4 Å². The van der Waals surface area contributed by atoms with Crippen LogP contribution < -0.4 is 10.6 Å². The summed E-state index contributed by atoms with van der Waals surface area (Å²) < 4.78 is 26.9. The monoisotopic (exact) mass is 361 g/mol. The van der Waals surface area contributed by atoms with E-state index >= 15 is 0 Å². The molecular weight excluding hydrogens is 338 g/mol. The van der Waals surface area contributed by atoms with Gasteiger partial charge in [0.1, 0.15) is 0 Å². The summed E-state index contributed by atoms with van der Waals surface area (Å²) in [5.41, 5.74) is 0.596. The molecule has 2 rings (SSSR count). The predicted molar refractivity (Wildman–Crippen MR) is 93.4 cm³/mol. The molecule has 0 spiro atoms. The molecule has 0 aromatic heterocycles. The largest absolute Gasteiger partial charge is 0.326 e. The van der Waals surface area contributed by atoms with Gasteiger partial charge in [-0.25, -0.2) is 8.42 Å². The third kappa shape index (κ3) is 5.17. The fourth-order valence-corrected chi connectivity index (χ4v) is 4.32. The highest BCUT2D eigenvalue weighted by atomic mass is 35.5. The van der Waals surface area contributed by atoms with Crippen LogP contribution in [0.4, 0.5) is 5.69 Å². The Labute approximate surface area is 144 Å². The first-order valence-corrected chi connectivity index (χ1v) is 8.90. The van der Waals surface area contributed by atoms with Gasteiger partial charge in [0.05, 0.1) is 4.90 Å². The van der Waals surface area contributed by atoms with Crippen LogP contribution in [0, 0.1) is 5.92 Å². The maximum absolute atomic E-state index is 12.7. The Hall–Kier alpha value is -1.15. The van der Waals surface area contributed by atoms with E-state index in [-0.39, 0.29) is 23.2 Å². The molecule has 1 aliphatic rings. The Morgan fingerprint density at radius 2 is 1.96 bits per heavy atom. The van der Waals surface area contributed by atoms with Crippen LogP contribution >= 0.6 is 12.4 Å². The molecule has 0 radical (unpaired) electrons. The molecule has 130 valence electrons. The van der Waals surface area contributed by atoms with Crippen molar-refractivity contribution in [1.29, 1.82) is 0 Å². The molecule has 1 aromatic carbocycles. The summed E-state index contributed by atoms with van der Waals surface area (Å²) in [7, 11) is -1.58. The first-order valence-electron chi connectivity index (χ1n) is 7.46. The molecule has 0 saturated carbocycles. The fraction of sp³-hybridized carbons (Fsp3) is 0.533. The molecule has 2 N–H and O–H groups in total. The zero-order chi connectivity index (χ0) is 16.2. The lowest BCUT2D eigenvalue weighted by Gasteiger charge is -2.31. The number of sulfonamides is 1. The van der Waals surface area contributed by atoms with E-state index in [1.165, 1.54) is 6.92 Å². The number of piperidine rings is 1. The topological polar surface area (TPSA) is 78.5 Å². The summed E-state index contributed by atoms with van der Waals surface area (Å²) in [6.45, 7) is 3.36. The highest BCUT2D eigenvalue weighted by Crippen LogP contribution is 2.24. The van der Waals surface area contributed by atoms with Crippen LogP contribution in [0.15, 0.2) is 29.2 Å². The fourth-order valence-electron chi connectivity index (χ4n) is 2.76. The lowest BCUT2D eigenvalue weighted by Crippen LogP contribution is -2.42. The minimum Gasteiger partial charge on any atom is -0.326 e. The standard InChI is InChI=1S/C15H23N3O3S.ClH/c1-12(19)17-14-5-7-15(8-6-14)22(20,21)18-9-3-4-13(11-18)10-16-2;/h5-8,13,16H,3-4,9-11H2,1-2H3,(H,17,19);1H. The van der Waals surface area contributed by atoms with Crippen molar-refractivity contribution in [2.75, 3.05) is 32.0 Å². The van der Waals surface area contributed by atoms with E-state index in [0.717, 1.165) is 19.4 Å². The van der Waals surface area contributed by atoms with Gasteiger partial charge < -0.3 is 10.6 Å². The number of hydrogen-bond acceptors (Lipinski definition) is 4. The molecule has 1 fully saturated rings. The highest BCUT2D eigenvalue weighted by Gasteiger charge is 2.29. The SMILES string of the molecule is CNCC1CCCN(S(=O)(=O)c2ccc(NC(C)=O)cc2)C1.Cl. The number of benzene rings is 1. The molecule has 23 heavy (non-hydrogen) atoms. The summed E-state index contributed by atoms with van der Waals surface area (Å²) in [5, 5.41) is 5.74. The third-order valence-electron chi connectivity index (χ3n) is 3.79. The molecule has 1 aliphatic heterocycles. The van der Waals surface area contributed by atoms with Gasteiger partial charge >= 0.3 is 0 Å². The molecular formula is C15H24ClN3O3S. The van der Waals surface area contributed by atoms with Crippen LogP contribution in [0.25, 0.3) is 0 Å². The number of carbonyl (C=O) groups is 1. The third-order valence-corrected chi connectivity index (χ3v) is 5.67. The van der Waals surface area contributed by atoms with Gasteiger partial charge in [-0.3, -0.25) is 4.79 Å². The van der Waals surface area contributed by atoms with Crippen molar-refractivity contribution in [1.82, 2.24) is 9.62 Å². The zero-order valence-corrected chi connectivity index (χ0v) is 15.0. The van der Waals surface area contributed by atoms with Crippen LogP contribution in [0.1, 0.15) is 19.8 Å². The van der Waals surface area contributed by atoms with Gasteiger partial charge in [-0.2, -0.15) is 4.31 Å². The molecule has 8 heteroatoms. The van der Waals surface area contributed by atoms with E-state index in [2.05, 4.69) is 10.6 Å². The zero-order valence-electron chi connectivity index (χ0n) is 13.4. The van der Waals surface area contributed by atoms with Crippen molar-refractivity contribution in [3.05, 3.63) is 24.3 Å². The summed E-state index contributed by atoms with van der Waals surface area (Å²) in [4.78, 5) is 11.3. The van der Waals surface area contributed by atoms with Gasteiger partial charge in [0, 0.05) is 25.7 Å². The van der Waals surface area contributed by atoms with Crippen LogP contribution in [-0.2, 0) is 14.8 Å². The summed E-state index contributed by atoms with van der Waals surface area (Å²) in [6, 6.07) is 6.32. The number of hydrogen-bond donors (Lipinski definition) is 2. The van der Waals surface area contributed by atoms with E-state index in [4.69, 9.17) is 0 Å². The lowest BCUT2D eigenvalue weighted by atomic mass is 10.00. The van der Waals surface area contributed by atoms with Crippen molar-refractivity contribution >= 4 is 34.0 Å².